The van der Waals surface area contributed by atoms with E-state index in [1.54, 1.807) is 97.1 Å². The Labute approximate surface area is 275 Å². The van der Waals surface area contributed by atoms with Crippen molar-refractivity contribution in [3.8, 4) is 0 Å². The van der Waals surface area contributed by atoms with E-state index in [4.69, 9.17) is 28.9 Å². The number of nitrogen functional groups attached to an aromatic ring is 1. The molecule has 7 rings (SSSR count). The molecule has 0 aliphatic heterocycles. The number of aromatic nitrogens is 4. The van der Waals surface area contributed by atoms with Crippen molar-refractivity contribution in [2.24, 2.45) is 0 Å². The summed E-state index contributed by atoms with van der Waals surface area (Å²) in [5.74, 6) is -1.41. The second-order valence-electron chi connectivity index (χ2n) is 10.2. The number of carbonyl (C=O) groups excluding carboxylic acids is 3. The summed E-state index contributed by atoms with van der Waals surface area (Å²) in [6.07, 6.45) is 1.29. The fourth-order valence-electron chi connectivity index (χ4n) is 4.72. The van der Waals surface area contributed by atoms with Crippen LogP contribution in [0.1, 0.15) is 31.3 Å². The SMILES string of the molecule is Nc1ccccc1C(=O)NNC(=O)c1cc2cc(Cl)ccc2[nH]1.O=C(Nn1cnc2ccccc2c1=O)c1cc2cc(Cl)ccc2[nH]1. The number of para-hydroxylation sites is 2. The van der Waals surface area contributed by atoms with E-state index >= 15 is 0 Å². The first-order valence-corrected chi connectivity index (χ1v) is 14.7. The maximum atomic E-state index is 12.4. The summed E-state index contributed by atoms with van der Waals surface area (Å²) in [7, 11) is 0. The lowest BCUT2D eigenvalue weighted by Crippen LogP contribution is -2.42. The van der Waals surface area contributed by atoms with E-state index in [1.807, 2.05) is 0 Å². The van der Waals surface area contributed by atoms with Gasteiger partial charge in [0.05, 0.1) is 16.5 Å². The zero-order chi connectivity index (χ0) is 33.1. The zero-order valence-corrected chi connectivity index (χ0v) is 25.7. The van der Waals surface area contributed by atoms with E-state index in [-0.39, 0.29) is 11.1 Å². The number of amides is 3. The summed E-state index contributed by atoms with van der Waals surface area (Å²) in [6.45, 7) is 0. The predicted molar refractivity (Wildman–Crippen MR) is 182 cm³/mol. The van der Waals surface area contributed by atoms with Crippen molar-refractivity contribution >= 4 is 79.3 Å². The number of rotatable bonds is 4. The van der Waals surface area contributed by atoms with Gasteiger partial charge in [-0.15, -0.1) is 0 Å². The molecule has 3 amide bonds. The summed E-state index contributed by atoms with van der Waals surface area (Å²) < 4.78 is 1.07. The molecular weight excluding hydrogens is 643 g/mol. The van der Waals surface area contributed by atoms with Gasteiger partial charge in [0.1, 0.15) is 17.7 Å². The Hall–Kier alpha value is -6.11. The molecule has 7 N–H and O–H groups in total. The van der Waals surface area contributed by atoms with Crippen LogP contribution in [0.25, 0.3) is 32.7 Å². The van der Waals surface area contributed by atoms with Crippen molar-refractivity contribution in [2.75, 3.05) is 11.2 Å². The molecule has 0 atom stereocenters. The topological polar surface area (TPSA) is 180 Å². The Morgan fingerprint density at radius 1 is 0.702 bits per heavy atom. The highest BCUT2D eigenvalue weighted by Gasteiger charge is 2.14. The average Bonchev–Trinajstić information content (AvgIpc) is 3.69. The average molecular weight is 668 g/mol. The number of nitrogens with zero attached hydrogens (tertiary/aromatic N) is 2. The van der Waals surface area contributed by atoms with Crippen LogP contribution in [-0.2, 0) is 0 Å². The molecule has 0 unspecified atom stereocenters. The van der Waals surface area contributed by atoms with E-state index in [0.717, 1.165) is 26.5 Å². The Morgan fingerprint density at radius 3 is 1.94 bits per heavy atom. The number of H-pyrrole nitrogens is 2. The smallest absolute Gasteiger partial charge is 0.286 e. The van der Waals surface area contributed by atoms with Gasteiger partial charge in [0.25, 0.3) is 23.3 Å². The first-order valence-electron chi connectivity index (χ1n) is 14.0. The normalized spacial score (nSPS) is 10.8. The summed E-state index contributed by atoms with van der Waals surface area (Å²) in [4.78, 5) is 59.0. The predicted octanol–water partition coefficient (Wildman–Crippen LogP) is 5.39. The Bertz CT molecular complexity index is 2380. The van der Waals surface area contributed by atoms with Crippen molar-refractivity contribution in [3.63, 3.8) is 0 Å². The lowest BCUT2D eigenvalue weighted by Gasteiger charge is -2.08. The van der Waals surface area contributed by atoms with Crippen LogP contribution in [0.4, 0.5) is 5.69 Å². The highest BCUT2D eigenvalue weighted by Crippen LogP contribution is 2.21. The van der Waals surface area contributed by atoms with Crippen LogP contribution >= 0.6 is 23.2 Å². The fourth-order valence-corrected chi connectivity index (χ4v) is 5.08. The van der Waals surface area contributed by atoms with Gasteiger partial charge in [-0.25, -0.2) is 9.66 Å². The van der Waals surface area contributed by atoms with Gasteiger partial charge in [0.2, 0.25) is 0 Å². The molecular formula is C33H24Cl2N8O4. The standard InChI is InChI=1S/C17H11ClN4O2.C16H13ClN4O2/c18-11-5-6-13-10(7-11)8-15(20-13)16(23)21-22-9-19-14-4-2-1-3-12(14)17(22)24;17-10-5-6-13-9(7-10)8-14(19-13)16(23)21-20-15(22)11-3-1-2-4-12(11)18/h1-9,20H,(H,21,23);1-8,19H,18H2,(H,20,22)(H,21,23). The molecule has 234 valence electrons. The van der Waals surface area contributed by atoms with Crippen molar-refractivity contribution in [1.29, 1.82) is 0 Å². The molecule has 0 saturated carbocycles. The van der Waals surface area contributed by atoms with E-state index in [1.165, 1.54) is 6.33 Å². The third-order valence-corrected chi connectivity index (χ3v) is 7.51. The van der Waals surface area contributed by atoms with Crippen LogP contribution in [0.15, 0.2) is 108 Å². The quantitative estimate of drug-likeness (QED) is 0.108. The molecule has 0 aliphatic carbocycles. The molecule has 12 nitrogen and oxygen atoms in total. The molecule has 0 saturated heterocycles. The van der Waals surface area contributed by atoms with Gasteiger partial charge in [-0.3, -0.25) is 35.5 Å². The van der Waals surface area contributed by atoms with Crippen LogP contribution < -0.4 is 27.6 Å². The van der Waals surface area contributed by atoms with Gasteiger partial charge in [-0.05, 0) is 72.8 Å². The van der Waals surface area contributed by atoms with Crippen LogP contribution in [0, 0.1) is 0 Å². The number of anilines is 1. The second-order valence-corrected chi connectivity index (χ2v) is 11.1. The lowest BCUT2D eigenvalue weighted by atomic mass is 10.2. The molecule has 14 heteroatoms. The minimum absolute atomic E-state index is 0.288. The van der Waals surface area contributed by atoms with Gasteiger partial charge in [0, 0.05) is 37.5 Å². The van der Waals surface area contributed by atoms with Crippen LogP contribution in [0.2, 0.25) is 10.0 Å². The molecule has 0 radical (unpaired) electrons. The van der Waals surface area contributed by atoms with Crippen molar-refractivity contribution in [3.05, 3.63) is 141 Å². The number of aromatic amines is 2. The Kier molecular flexibility index (Phi) is 8.60. The monoisotopic (exact) mass is 666 g/mol. The minimum atomic E-state index is -0.490. The number of nitrogens with one attached hydrogen (secondary N) is 5. The molecule has 47 heavy (non-hydrogen) atoms. The molecule has 7 aromatic rings. The number of halogens is 2. The number of hydrazine groups is 1. The highest BCUT2D eigenvalue weighted by atomic mass is 35.5. The van der Waals surface area contributed by atoms with E-state index < -0.39 is 17.7 Å². The molecule has 0 fully saturated rings. The fraction of sp³-hybridized carbons (Fsp3) is 0. The van der Waals surface area contributed by atoms with Gasteiger partial charge >= 0.3 is 0 Å². The largest absolute Gasteiger partial charge is 0.398 e. The number of fused-ring (bicyclic) bond motifs is 3. The summed E-state index contributed by atoms with van der Waals surface area (Å²) in [6, 6.07) is 27.4. The number of nitrogens with two attached hydrogens (primary N) is 1. The van der Waals surface area contributed by atoms with E-state index in [0.29, 0.717) is 38.0 Å². The second kappa shape index (κ2) is 13.1. The third-order valence-electron chi connectivity index (χ3n) is 7.04. The summed E-state index contributed by atoms with van der Waals surface area (Å²) >= 11 is 11.9. The first-order chi connectivity index (χ1) is 22.7. The molecule has 0 aliphatic rings. The molecule has 3 aromatic heterocycles. The minimum Gasteiger partial charge on any atom is -0.398 e. The Balaban J connectivity index is 0.000000165. The molecule has 0 spiro atoms. The van der Waals surface area contributed by atoms with Crippen LogP contribution in [0.5, 0.6) is 0 Å². The van der Waals surface area contributed by atoms with Crippen molar-refractivity contribution in [2.45, 2.75) is 0 Å². The van der Waals surface area contributed by atoms with E-state index in [2.05, 4.69) is 31.2 Å². The molecule has 0 bridgehead atoms. The maximum Gasteiger partial charge on any atom is 0.286 e. The summed E-state index contributed by atoms with van der Waals surface area (Å²) in [5, 5.41) is 3.22. The molecule has 3 heterocycles. The maximum absolute atomic E-state index is 12.4. The number of hydrogen-bond donors (Lipinski definition) is 6. The number of hydrogen-bond acceptors (Lipinski definition) is 6. The third kappa shape index (κ3) is 6.78. The van der Waals surface area contributed by atoms with Gasteiger partial charge in [-0.1, -0.05) is 47.5 Å². The highest BCUT2D eigenvalue weighted by molar-refractivity contribution is 6.31. The van der Waals surface area contributed by atoms with E-state index in [9.17, 15) is 19.2 Å². The van der Waals surface area contributed by atoms with Gasteiger partial charge in [-0.2, -0.15) is 0 Å². The van der Waals surface area contributed by atoms with Crippen molar-refractivity contribution in [1.82, 2.24) is 30.5 Å². The number of carbonyl (C=O) groups is 3. The lowest BCUT2D eigenvalue weighted by molar-refractivity contribution is 0.0845. The zero-order valence-electron chi connectivity index (χ0n) is 24.2. The van der Waals surface area contributed by atoms with Gasteiger partial charge in [0.15, 0.2) is 0 Å². The number of benzene rings is 4. The summed E-state index contributed by atoms with van der Waals surface area (Å²) in [5.41, 5.74) is 16.0. The first kappa shape index (κ1) is 30.9. The molecule has 4 aromatic carbocycles. The van der Waals surface area contributed by atoms with Crippen LogP contribution in [0.3, 0.4) is 0 Å². The Morgan fingerprint density at radius 2 is 1.28 bits per heavy atom. The van der Waals surface area contributed by atoms with Gasteiger partial charge < -0.3 is 15.7 Å². The van der Waals surface area contributed by atoms with Crippen LogP contribution in [-0.4, -0.2) is 37.3 Å². The van der Waals surface area contributed by atoms with Crippen molar-refractivity contribution < 1.29 is 14.4 Å².